The van der Waals surface area contributed by atoms with Gasteiger partial charge in [-0.1, -0.05) is 35.3 Å². The molecule has 0 aliphatic carbocycles. The molecule has 4 heteroatoms. The van der Waals surface area contributed by atoms with E-state index in [1.54, 1.807) is 31.3 Å². The molecule has 0 aliphatic heterocycles. The molecule has 86 valence electrons. The third kappa shape index (κ3) is 3.00. The van der Waals surface area contributed by atoms with Crippen LogP contribution in [-0.2, 0) is 4.79 Å². The normalized spacial score (nSPS) is 11.9. The van der Waals surface area contributed by atoms with Gasteiger partial charge in [0.25, 0.3) is 0 Å². The quantitative estimate of drug-likeness (QED) is 0.824. The van der Waals surface area contributed by atoms with E-state index < -0.39 is 0 Å². The van der Waals surface area contributed by atoms with Gasteiger partial charge in [-0.3, -0.25) is 4.79 Å². The number of likely N-dealkylation sites (N-methyl/N-ethyl adjacent to an activating group) is 1. The Morgan fingerprint density at radius 2 is 2.19 bits per heavy atom. The van der Waals surface area contributed by atoms with Crippen LogP contribution in [0, 0.1) is 0 Å². The van der Waals surface area contributed by atoms with Crippen LogP contribution in [0.5, 0.6) is 0 Å². The minimum Gasteiger partial charge on any atom is -0.359 e. The van der Waals surface area contributed by atoms with E-state index in [0.717, 1.165) is 5.56 Å². The Hall–Kier alpha value is -0.990. The molecule has 0 spiro atoms. The molecule has 16 heavy (non-hydrogen) atoms. The number of amides is 1. The first kappa shape index (κ1) is 13.1. The van der Waals surface area contributed by atoms with Gasteiger partial charge in [0.05, 0.1) is 16.0 Å². The summed E-state index contributed by atoms with van der Waals surface area (Å²) < 4.78 is 0. The summed E-state index contributed by atoms with van der Waals surface area (Å²) in [7, 11) is 1.61. The van der Waals surface area contributed by atoms with Gasteiger partial charge < -0.3 is 5.32 Å². The number of rotatable bonds is 4. The van der Waals surface area contributed by atoms with Crippen molar-refractivity contribution in [3.05, 3.63) is 46.5 Å². The van der Waals surface area contributed by atoms with Gasteiger partial charge in [0.2, 0.25) is 5.91 Å². The predicted molar refractivity (Wildman–Crippen MR) is 68.1 cm³/mol. The van der Waals surface area contributed by atoms with Crippen molar-refractivity contribution < 1.29 is 4.79 Å². The fourth-order valence-corrected chi connectivity index (χ4v) is 1.77. The Bertz CT molecular complexity index is 404. The van der Waals surface area contributed by atoms with Crippen molar-refractivity contribution in [1.82, 2.24) is 5.32 Å². The molecule has 0 saturated carbocycles. The van der Waals surface area contributed by atoms with Crippen LogP contribution in [0.3, 0.4) is 0 Å². The smallest absolute Gasteiger partial charge is 0.227 e. The van der Waals surface area contributed by atoms with E-state index in [1.165, 1.54) is 0 Å². The summed E-state index contributed by atoms with van der Waals surface area (Å²) in [6.45, 7) is 3.64. The van der Waals surface area contributed by atoms with E-state index in [1.807, 2.05) is 0 Å². The topological polar surface area (TPSA) is 29.1 Å². The molecule has 0 bridgehead atoms. The molecule has 1 aromatic rings. The van der Waals surface area contributed by atoms with E-state index in [-0.39, 0.29) is 11.8 Å². The second-order valence-electron chi connectivity index (χ2n) is 3.36. The predicted octanol–water partition coefficient (Wildman–Crippen LogP) is 3.40. The largest absolute Gasteiger partial charge is 0.359 e. The monoisotopic (exact) mass is 257 g/mol. The zero-order valence-electron chi connectivity index (χ0n) is 8.97. The SMILES string of the molecule is C=CCC(C(=O)NC)c1ccc(Cl)c(Cl)c1. The fourth-order valence-electron chi connectivity index (χ4n) is 1.46. The number of allylic oxidation sites excluding steroid dienone is 1. The number of carbonyl (C=O) groups excluding carboxylic acids is 1. The molecule has 1 unspecified atom stereocenters. The first-order valence-corrected chi connectivity index (χ1v) is 5.63. The molecule has 0 radical (unpaired) electrons. The first-order valence-electron chi connectivity index (χ1n) is 4.87. The van der Waals surface area contributed by atoms with Crippen molar-refractivity contribution in [2.45, 2.75) is 12.3 Å². The van der Waals surface area contributed by atoms with Crippen molar-refractivity contribution in [2.75, 3.05) is 7.05 Å². The number of hydrogen-bond donors (Lipinski definition) is 1. The third-order valence-electron chi connectivity index (χ3n) is 2.31. The van der Waals surface area contributed by atoms with E-state index in [4.69, 9.17) is 23.2 Å². The van der Waals surface area contributed by atoms with Crippen LogP contribution in [0.15, 0.2) is 30.9 Å². The number of halogens is 2. The molecule has 0 aliphatic rings. The van der Waals surface area contributed by atoms with Crippen LogP contribution < -0.4 is 5.32 Å². The van der Waals surface area contributed by atoms with E-state index >= 15 is 0 Å². The lowest BCUT2D eigenvalue weighted by Gasteiger charge is -2.14. The van der Waals surface area contributed by atoms with Gasteiger partial charge in [0.15, 0.2) is 0 Å². The highest BCUT2D eigenvalue weighted by Crippen LogP contribution is 2.28. The van der Waals surface area contributed by atoms with Crippen molar-refractivity contribution >= 4 is 29.1 Å². The molecular formula is C12H13Cl2NO. The van der Waals surface area contributed by atoms with Crippen molar-refractivity contribution in [1.29, 1.82) is 0 Å². The summed E-state index contributed by atoms with van der Waals surface area (Å²) in [5.41, 5.74) is 0.841. The van der Waals surface area contributed by atoms with E-state index in [9.17, 15) is 4.79 Å². The second-order valence-corrected chi connectivity index (χ2v) is 4.18. The van der Waals surface area contributed by atoms with Gasteiger partial charge >= 0.3 is 0 Å². The lowest BCUT2D eigenvalue weighted by molar-refractivity contribution is -0.122. The molecule has 1 N–H and O–H groups in total. The molecule has 1 amide bonds. The van der Waals surface area contributed by atoms with Crippen LogP contribution in [0.1, 0.15) is 17.9 Å². The van der Waals surface area contributed by atoms with E-state index in [2.05, 4.69) is 11.9 Å². The summed E-state index contributed by atoms with van der Waals surface area (Å²) in [6, 6.07) is 5.21. The molecule has 1 atom stereocenters. The maximum Gasteiger partial charge on any atom is 0.227 e. The average molecular weight is 258 g/mol. The summed E-state index contributed by atoms with van der Waals surface area (Å²) >= 11 is 11.7. The molecule has 0 heterocycles. The Morgan fingerprint density at radius 3 is 2.69 bits per heavy atom. The van der Waals surface area contributed by atoms with Gasteiger partial charge in [-0.05, 0) is 24.1 Å². The zero-order chi connectivity index (χ0) is 12.1. The first-order chi connectivity index (χ1) is 7.60. The zero-order valence-corrected chi connectivity index (χ0v) is 10.5. The number of carbonyl (C=O) groups is 1. The van der Waals surface area contributed by atoms with Crippen LogP contribution >= 0.6 is 23.2 Å². The molecule has 2 nitrogen and oxygen atoms in total. The standard InChI is InChI=1S/C12H13Cl2NO/c1-3-4-9(12(16)15-2)8-5-6-10(13)11(14)7-8/h3,5-7,9H,1,4H2,2H3,(H,15,16). The highest BCUT2D eigenvalue weighted by atomic mass is 35.5. The lowest BCUT2D eigenvalue weighted by atomic mass is 9.95. The van der Waals surface area contributed by atoms with Gasteiger partial charge in [-0.25, -0.2) is 0 Å². The lowest BCUT2D eigenvalue weighted by Crippen LogP contribution is -2.25. The van der Waals surface area contributed by atoms with Crippen molar-refractivity contribution in [3.63, 3.8) is 0 Å². The molecule has 0 aromatic heterocycles. The Balaban J connectivity index is 3.05. The molecule has 1 aromatic carbocycles. The maximum absolute atomic E-state index is 11.7. The average Bonchev–Trinajstić information content (AvgIpc) is 2.29. The van der Waals surface area contributed by atoms with Crippen LogP contribution in [0.2, 0.25) is 10.0 Å². The summed E-state index contributed by atoms with van der Waals surface area (Å²) in [4.78, 5) is 11.7. The Kier molecular flexibility index (Phi) is 4.84. The second kappa shape index (κ2) is 5.92. The van der Waals surface area contributed by atoms with Crippen molar-refractivity contribution in [2.24, 2.45) is 0 Å². The van der Waals surface area contributed by atoms with Gasteiger partial charge in [-0.15, -0.1) is 6.58 Å². The molecule has 0 fully saturated rings. The van der Waals surface area contributed by atoms with E-state index in [0.29, 0.717) is 16.5 Å². The number of nitrogens with one attached hydrogen (secondary N) is 1. The van der Waals surface area contributed by atoms with Gasteiger partial charge in [0, 0.05) is 7.05 Å². The van der Waals surface area contributed by atoms with Crippen molar-refractivity contribution in [3.8, 4) is 0 Å². The van der Waals surface area contributed by atoms with Crippen LogP contribution in [-0.4, -0.2) is 13.0 Å². The summed E-state index contributed by atoms with van der Waals surface area (Å²) in [5, 5.41) is 3.56. The highest BCUT2D eigenvalue weighted by Gasteiger charge is 2.18. The Morgan fingerprint density at radius 1 is 1.50 bits per heavy atom. The fraction of sp³-hybridized carbons (Fsp3) is 0.250. The molecular weight excluding hydrogens is 245 g/mol. The minimum absolute atomic E-state index is 0.0571. The van der Waals surface area contributed by atoms with Crippen LogP contribution in [0.4, 0.5) is 0 Å². The third-order valence-corrected chi connectivity index (χ3v) is 3.05. The van der Waals surface area contributed by atoms with Gasteiger partial charge in [0.1, 0.15) is 0 Å². The molecule has 0 saturated heterocycles. The minimum atomic E-state index is -0.266. The van der Waals surface area contributed by atoms with Crippen LogP contribution in [0.25, 0.3) is 0 Å². The van der Waals surface area contributed by atoms with Gasteiger partial charge in [-0.2, -0.15) is 0 Å². The number of benzene rings is 1. The highest BCUT2D eigenvalue weighted by molar-refractivity contribution is 6.42. The summed E-state index contributed by atoms with van der Waals surface area (Å²) in [5.74, 6) is -0.324. The number of hydrogen-bond acceptors (Lipinski definition) is 1. The summed E-state index contributed by atoms with van der Waals surface area (Å²) in [6.07, 6.45) is 2.28. The molecule has 1 rings (SSSR count). The Labute approximate surface area is 105 Å². The maximum atomic E-state index is 11.7.